The Morgan fingerprint density at radius 1 is 1.28 bits per heavy atom. The van der Waals surface area contributed by atoms with E-state index in [1.54, 1.807) is 19.5 Å². The SMILES string of the molecule is CO[C@@H]1CC=C2NN(c3cncnc3)C(=O)C[C@]2(c2ccccc2)O1. The number of amides is 1. The first-order valence-electron chi connectivity index (χ1n) is 8.04. The molecule has 0 saturated carbocycles. The number of hydrogen-bond acceptors (Lipinski definition) is 6. The number of benzene rings is 1. The zero-order chi connectivity index (χ0) is 17.3. The number of anilines is 1. The normalized spacial score (nSPS) is 25.8. The molecule has 7 heteroatoms. The zero-order valence-corrected chi connectivity index (χ0v) is 13.8. The van der Waals surface area contributed by atoms with Gasteiger partial charge in [-0.2, -0.15) is 0 Å². The van der Waals surface area contributed by atoms with Gasteiger partial charge in [0.15, 0.2) is 6.29 Å². The monoisotopic (exact) mass is 338 g/mol. The van der Waals surface area contributed by atoms with Gasteiger partial charge in [0.2, 0.25) is 5.91 Å². The Morgan fingerprint density at radius 3 is 2.76 bits per heavy atom. The number of rotatable bonds is 3. The van der Waals surface area contributed by atoms with E-state index in [1.807, 2.05) is 36.4 Å². The summed E-state index contributed by atoms with van der Waals surface area (Å²) >= 11 is 0. The van der Waals surface area contributed by atoms with Crippen LogP contribution in [0.1, 0.15) is 18.4 Å². The van der Waals surface area contributed by atoms with Gasteiger partial charge >= 0.3 is 0 Å². The summed E-state index contributed by atoms with van der Waals surface area (Å²) in [6.07, 6.45) is 6.99. The Morgan fingerprint density at radius 2 is 2.04 bits per heavy atom. The lowest BCUT2D eigenvalue weighted by molar-refractivity contribution is -0.204. The van der Waals surface area contributed by atoms with Crippen molar-refractivity contribution in [2.75, 3.05) is 12.1 Å². The number of hydrogen-bond donors (Lipinski definition) is 1. The van der Waals surface area contributed by atoms with E-state index in [0.29, 0.717) is 12.1 Å². The van der Waals surface area contributed by atoms with Crippen molar-refractivity contribution in [3.8, 4) is 0 Å². The number of methoxy groups -OCH3 is 1. The number of carbonyl (C=O) groups is 1. The van der Waals surface area contributed by atoms with Crippen molar-refractivity contribution in [1.29, 1.82) is 0 Å². The van der Waals surface area contributed by atoms with E-state index in [4.69, 9.17) is 9.47 Å². The number of fused-ring (bicyclic) bond motifs is 1. The van der Waals surface area contributed by atoms with Gasteiger partial charge in [0.25, 0.3) is 0 Å². The molecule has 1 saturated heterocycles. The lowest BCUT2D eigenvalue weighted by Crippen LogP contribution is -2.58. The van der Waals surface area contributed by atoms with Crippen LogP contribution in [0.3, 0.4) is 0 Å². The molecule has 1 fully saturated rings. The topological polar surface area (TPSA) is 76.6 Å². The van der Waals surface area contributed by atoms with E-state index in [0.717, 1.165) is 11.3 Å². The van der Waals surface area contributed by atoms with Crippen LogP contribution in [0.2, 0.25) is 0 Å². The minimum absolute atomic E-state index is 0.132. The van der Waals surface area contributed by atoms with Crippen molar-refractivity contribution in [2.45, 2.75) is 24.7 Å². The molecule has 4 rings (SSSR count). The van der Waals surface area contributed by atoms with Crippen LogP contribution in [-0.2, 0) is 19.9 Å². The predicted molar refractivity (Wildman–Crippen MR) is 90.0 cm³/mol. The first-order valence-corrected chi connectivity index (χ1v) is 8.04. The number of nitrogens with zero attached hydrogens (tertiary/aromatic N) is 3. The van der Waals surface area contributed by atoms with Gasteiger partial charge in [0.1, 0.15) is 17.6 Å². The highest BCUT2D eigenvalue weighted by molar-refractivity contribution is 5.95. The lowest BCUT2D eigenvalue weighted by atomic mass is 9.83. The highest BCUT2D eigenvalue weighted by atomic mass is 16.7. The third-order valence-corrected chi connectivity index (χ3v) is 4.47. The van der Waals surface area contributed by atoms with Crippen molar-refractivity contribution >= 4 is 11.6 Å². The third-order valence-electron chi connectivity index (χ3n) is 4.47. The molecule has 0 spiro atoms. The standard InChI is InChI=1S/C18H18N4O3/c1-24-17-8-7-15-18(25-17,13-5-3-2-4-6-13)9-16(23)22(21-15)14-10-19-12-20-11-14/h2-7,10-12,17,21H,8-9H2,1H3/t17-,18+/m0/s1. The fraction of sp³-hybridized carbons (Fsp3) is 0.278. The van der Waals surface area contributed by atoms with E-state index in [9.17, 15) is 4.79 Å². The molecule has 3 heterocycles. The lowest BCUT2D eigenvalue weighted by Gasteiger charge is -2.47. The second kappa shape index (κ2) is 6.27. The van der Waals surface area contributed by atoms with Gasteiger partial charge in [-0.25, -0.2) is 15.0 Å². The van der Waals surface area contributed by atoms with Crippen molar-refractivity contribution < 1.29 is 14.3 Å². The van der Waals surface area contributed by atoms with Gasteiger partial charge in [-0.1, -0.05) is 36.4 Å². The van der Waals surface area contributed by atoms with Crippen molar-refractivity contribution in [3.05, 3.63) is 66.4 Å². The molecule has 1 aromatic heterocycles. The van der Waals surface area contributed by atoms with Crippen molar-refractivity contribution in [3.63, 3.8) is 0 Å². The molecule has 2 aliphatic heterocycles. The Kier molecular flexibility index (Phi) is 3.95. The van der Waals surface area contributed by atoms with E-state index in [1.165, 1.54) is 11.3 Å². The fourth-order valence-electron chi connectivity index (χ4n) is 3.26. The van der Waals surface area contributed by atoms with Gasteiger partial charge in [-0.05, 0) is 5.56 Å². The van der Waals surface area contributed by atoms with Gasteiger partial charge in [-0.3, -0.25) is 10.2 Å². The molecule has 1 amide bonds. The number of carbonyl (C=O) groups excluding carboxylic acids is 1. The minimum atomic E-state index is -0.886. The number of aromatic nitrogens is 2. The quantitative estimate of drug-likeness (QED) is 0.921. The highest BCUT2D eigenvalue weighted by Crippen LogP contribution is 2.44. The second-order valence-corrected chi connectivity index (χ2v) is 5.94. The maximum atomic E-state index is 12.9. The average molecular weight is 338 g/mol. The van der Waals surface area contributed by atoms with Crippen LogP contribution in [0.4, 0.5) is 5.69 Å². The predicted octanol–water partition coefficient (Wildman–Crippen LogP) is 1.89. The summed E-state index contributed by atoms with van der Waals surface area (Å²) in [6.45, 7) is 0. The maximum absolute atomic E-state index is 12.9. The second-order valence-electron chi connectivity index (χ2n) is 5.94. The Balaban J connectivity index is 1.76. The first kappa shape index (κ1) is 15.7. The molecule has 1 N–H and O–H groups in total. The third kappa shape index (κ3) is 2.67. The molecule has 25 heavy (non-hydrogen) atoms. The summed E-state index contributed by atoms with van der Waals surface area (Å²) in [5.41, 5.74) is 4.62. The smallest absolute Gasteiger partial charge is 0.249 e. The zero-order valence-electron chi connectivity index (χ0n) is 13.8. The van der Waals surface area contributed by atoms with Crippen LogP contribution in [-0.4, -0.2) is 29.3 Å². The van der Waals surface area contributed by atoms with Crippen LogP contribution >= 0.6 is 0 Å². The molecular formula is C18H18N4O3. The van der Waals surface area contributed by atoms with E-state index < -0.39 is 11.9 Å². The molecule has 7 nitrogen and oxygen atoms in total. The van der Waals surface area contributed by atoms with Crippen molar-refractivity contribution in [2.24, 2.45) is 0 Å². The number of ether oxygens (including phenoxy) is 2. The molecule has 2 aliphatic rings. The van der Waals surface area contributed by atoms with E-state index >= 15 is 0 Å². The molecule has 0 aliphatic carbocycles. The number of hydrazine groups is 1. The highest BCUT2D eigenvalue weighted by Gasteiger charge is 2.49. The summed E-state index contributed by atoms with van der Waals surface area (Å²) in [7, 11) is 1.61. The first-order chi connectivity index (χ1) is 12.2. The summed E-state index contributed by atoms with van der Waals surface area (Å²) in [5.74, 6) is -0.132. The van der Waals surface area contributed by atoms with E-state index in [2.05, 4.69) is 15.4 Å². The largest absolute Gasteiger partial charge is 0.356 e. The molecule has 1 aromatic carbocycles. The minimum Gasteiger partial charge on any atom is -0.356 e. The Bertz CT molecular complexity index is 796. The van der Waals surface area contributed by atoms with Crippen LogP contribution in [0.5, 0.6) is 0 Å². The molecule has 2 atom stereocenters. The molecule has 2 aromatic rings. The van der Waals surface area contributed by atoms with Gasteiger partial charge < -0.3 is 9.47 Å². The molecule has 128 valence electrons. The van der Waals surface area contributed by atoms with Gasteiger partial charge in [0, 0.05) is 13.5 Å². The summed E-state index contributed by atoms with van der Waals surface area (Å²) in [6, 6.07) is 9.73. The average Bonchev–Trinajstić information content (AvgIpc) is 2.68. The molecule has 0 radical (unpaired) electrons. The maximum Gasteiger partial charge on any atom is 0.249 e. The summed E-state index contributed by atoms with van der Waals surface area (Å²) in [5, 5.41) is 1.46. The fourth-order valence-corrected chi connectivity index (χ4v) is 3.26. The Labute approximate surface area is 145 Å². The van der Waals surface area contributed by atoms with Crippen LogP contribution in [0.15, 0.2) is 60.8 Å². The molecular weight excluding hydrogens is 320 g/mol. The summed E-state index contributed by atoms with van der Waals surface area (Å²) in [4.78, 5) is 20.8. The Hall–Kier alpha value is -2.77. The van der Waals surface area contributed by atoms with Crippen molar-refractivity contribution in [1.82, 2.24) is 15.4 Å². The van der Waals surface area contributed by atoms with Gasteiger partial charge in [0.05, 0.1) is 24.5 Å². The molecule has 0 bridgehead atoms. The van der Waals surface area contributed by atoms with Crippen LogP contribution in [0, 0.1) is 0 Å². The van der Waals surface area contributed by atoms with Gasteiger partial charge in [-0.15, -0.1) is 0 Å². The number of nitrogens with one attached hydrogen (secondary N) is 1. The van der Waals surface area contributed by atoms with E-state index in [-0.39, 0.29) is 12.3 Å². The summed E-state index contributed by atoms with van der Waals surface area (Å²) < 4.78 is 11.6. The van der Waals surface area contributed by atoms with Crippen LogP contribution < -0.4 is 10.4 Å². The molecule has 0 unspecified atom stereocenters. The van der Waals surface area contributed by atoms with Crippen LogP contribution in [0.25, 0.3) is 0 Å².